The molecular weight excluding hydrogens is 689 g/mol. The molecular formula is C43H86N2O7S. The molecule has 9 nitrogen and oxygen atoms in total. The van der Waals surface area contributed by atoms with Crippen molar-refractivity contribution in [2.75, 3.05) is 37.7 Å². The van der Waals surface area contributed by atoms with Crippen molar-refractivity contribution in [1.82, 2.24) is 10.8 Å². The summed E-state index contributed by atoms with van der Waals surface area (Å²) in [7, 11) is 0. The number of hydrogen-bond donors (Lipinski definition) is 3. The van der Waals surface area contributed by atoms with E-state index in [-0.39, 0.29) is 18.0 Å². The summed E-state index contributed by atoms with van der Waals surface area (Å²) < 4.78 is 11.4. The summed E-state index contributed by atoms with van der Waals surface area (Å²) in [5, 5.41) is 15.2. The van der Waals surface area contributed by atoms with Gasteiger partial charge in [0.2, 0.25) is 0 Å². The zero-order valence-electron chi connectivity index (χ0n) is 34.8. The van der Waals surface area contributed by atoms with Crippen LogP contribution in [-0.4, -0.2) is 61.0 Å². The van der Waals surface area contributed by atoms with Crippen molar-refractivity contribution in [3.63, 3.8) is 0 Å². The van der Waals surface area contributed by atoms with Crippen LogP contribution in [0.5, 0.6) is 0 Å². The molecule has 0 amide bonds. The monoisotopic (exact) mass is 775 g/mol. The second kappa shape index (κ2) is 45.5. The minimum atomic E-state index is -0.0303. The van der Waals surface area contributed by atoms with E-state index in [0.29, 0.717) is 26.0 Å². The molecule has 0 fully saturated rings. The molecule has 1 atom stereocenters. The minimum Gasteiger partial charge on any atom is -0.466 e. The van der Waals surface area contributed by atoms with E-state index in [4.69, 9.17) is 14.7 Å². The lowest BCUT2D eigenvalue weighted by atomic mass is 10.0. The number of carbonyl (C=O) groups excluding carboxylic acids is 2. The second-order valence-corrected chi connectivity index (χ2v) is 16.2. The number of esters is 2. The van der Waals surface area contributed by atoms with E-state index in [9.17, 15) is 9.59 Å². The number of thioether (sulfide) groups is 1. The molecule has 53 heavy (non-hydrogen) atoms. The van der Waals surface area contributed by atoms with Crippen LogP contribution in [0.4, 0.5) is 0 Å². The Kier molecular flexibility index (Phi) is 44.7. The average Bonchev–Trinajstić information content (AvgIpc) is 3.15. The fourth-order valence-electron chi connectivity index (χ4n) is 6.59. The lowest BCUT2D eigenvalue weighted by Gasteiger charge is -2.18. The van der Waals surface area contributed by atoms with Crippen molar-refractivity contribution in [3.05, 3.63) is 0 Å². The molecule has 0 bridgehead atoms. The third-order valence-corrected chi connectivity index (χ3v) is 11.0. The number of rotatable bonds is 45. The highest BCUT2D eigenvalue weighted by atomic mass is 32.2. The van der Waals surface area contributed by atoms with Crippen molar-refractivity contribution in [2.24, 2.45) is 0 Å². The van der Waals surface area contributed by atoms with Crippen molar-refractivity contribution in [2.45, 2.75) is 225 Å². The normalized spacial score (nSPS) is 12.0. The lowest BCUT2D eigenvalue weighted by Crippen LogP contribution is -2.22. The molecule has 0 heterocycles. The summed E-state index contributed by atoms with van der Waals surface area (Å²) in [6.07, 6.45) is 36.6. The van der Waals surface area contributed by atoms with Gasteiger partial charge in [-0.15, -0.1) is 4.99 Å². The summed E-state index contributed by atoms with van der Waals surface area (Å²) >= 11 is 1.94. The van der Waals surface area contributed by atoms with Gasteiger partial charge in [-0.25, -0.2) is 5.26 Å². The van der Waals surface area contributed by atoms with Crippen LogP contribution in [-0.2, 0) is 29.1 Å². The van der Waals surface area contributed by atoms with E-state index in [2.05, 4.69) is 34.7 Å². The fraction of sp³-hybridized carbons (Fsp3) is 0.953. The molecule has 0 radical (unpaired) electrons. The summed E-state index contributed by atoms with van der Waals surface area (Å²) in [6.45, 7) is 7.66. The van der Waals surface area contributed by atoms with Gasteiger partial charge in [0.15, 0.2) is 0 Å². The molecule has 0 aliphatic rings. The van der Waals surface area contributed by atoms with Crippen LogP contribution in [0.2, 0.25) is 0 Å². The third kappa shape index (κ3) is 43.7. The van der Waals surface area contributed by atoms with Gasteiger partial charge in [0, 0.05) is 19.4 Å². The van der Waals surface area contributed by atoms with E-state index in [1.807, 2.05) is 11.8 Å². The van der Waals surface area contributed by atoms with Gasteiger partial charge in [-0.1, -0.05) is 154 Å². The van der Waals surface area contributed by atoms with E-state index in [0.717, 1.165) is 102 Å². The maximum atomic E-state index is 12.7. The van der Waals surface area contributed by atoms with E-state index in [1.165, 1.54) is 116 Å². The van der Waals surface area contributed by atoms with Crippen LogP contribution >= 0.6 is 11.8 Å². The highest BCUT2D eigenvalue weighted by Crippen LogP contribution is 2.17. The molecule has 0 aliphatic heterocycles. The Morgan fingerprint density at radius 1 is 0.528 bits per heavy atom. The first-order valence-corrected chi connectivity index (χ1v) is 23.6. The number of hydrogen-bond acceptors (Lipinski definition) is 10. The van der Waals surface area contributed by atoms with Crippen LogP contribution < -0.4 is 10.8 Å². The number of carbonyl (C=O) groups is 2. The first-order chi connectivity index (χ1) is 26.1. The van der Waals surface area contributed by atoms with Crippen LogP contribution in [0, 0.1) is 0 Å². The third-order valence-electron chi connectivity index (χ3n) is 9.89. The van der Waals surface area contributed by atoms with Gasteiger partial charge in [-0.3, -0.25) is 9.59 Å². The Morgan fingerprint density at radius 3 is 1.58 bits per heavy atom. The Hall–Kier alpha value is -0.910. The largest absolute Gasteiger partial charge is 0.466 e. The van der Waals surface area contributed by atoms with E-state index >= 15 is 0 Å². The summed E-state index contributed by atoms with van der Waals surface area (Å²) in [6, 6.07) is 0. The minimum absolute atomic E-state index is 0.0133. The van der Waals surface area contributed by atoms with Crippen molar-refractivity contribution >= 4 is 23.7 Å². The highest BCUT2D eigenvalue weighted by molar-refractivity contribution is 7.99. The number of hydroxylamine groups is 1. The van der Waals surface area contributed by atoms with Gasteiger partial charge in [0.1, 0.15) is 6.10 Å². The zero-order valence-corrected chi connectivity index (χ0v) is 35.6. The fourth-order valence-corrected chi connectivity index (χ4v) is 7.46. The molecule has 0 spiro atoms. The smallest absolute Gasteiger partial charge is 0.306 e. The molecule has 0 saturated carbocycles. The van der Waals surface area contributed by atoms with Gasteiger partial charge in [-0.05, 0) is 82.4 Å². The quantitative estimate of drug-likeness (QED) is 0.0239. The van der Waals surface area contributed by atoms with Crippen LogP contribution in [0.1, 0.15) is 219 Å². The first kappa shape index (κ1) is 52.1. The maximum Gasteiger partial charge on any atom is 0.306 e. The first-order valence-electron chi connectivity index (χ1n) is 22.5. The number of nitrogens with one attached hydrogen (secondary N) is 2. The topological polar surface area (TPSA) is 115 Å². The van der Waals surface area contributed by atoms with Gasteiger partial charge in [0.05, 0.1) is 6.61 Å². The molecule has 1 unspecified atom stereocenters. The highest BCUT2D eigenvalue weighted by Gasteiger charge is 2.14. The molecule has 3 N–H and O–H groups in total. The Bertz CT molecular complexity index is 749. The predicted octanol–water partition coefficient (Wildman–Crippen LogP) is 12.2. The molecule has 0 aromatic heterocycles. The van der Waals surface area contributed by atoms with E-state index in [1.54, 1.807) is 0 Å². The van der Waals surface area contributed by atoms with E-state index < -0.39 is 0 Å². The summed E-state index contributed by atoms with van der Waals surface area (Å²) in [5.41, 5.74) is 2.53. The molecule has 0 aliphatic carbocycles. The van der Waals surface area contributed by atoms with Gasteiger partial charge >= 0.3 is 11.9 Å². The van der Waals surface area contributed by atoms with Gasteiger partial charge in [0.25, 0.3) is 0 Å². The van der Waals surface area contributed by atoms with Crippen LogP contribution in [0.25, 0.3) is 0 Å². The Labute approximate surface area is 331 Å². The molecule has 10 heteroatoms. The van der Waals surface area contributed by atoms with Gasteiger partial charge in [-0.2, -0.15) is 17.2 Å². The molecule has 316 valence electrons. The predicted molar refractivity (Wildman–Crippen MR) is 223 cm³/mol. The number of ether oxygens (including phenoxy) is 2. The summed E-state index contributed by atoms with van der Waals surface area (Å²) in [5.74, 6) is 2.10. The molecule has 0 saturated heterocycles. The summed E-state index contributed by atoms with van der Waals surface area (Å²) in [4.78, 5) is 28.9. The SMILES string of the molecule is CCCCCCCCCCCC(=O)OCCCSCCCNCCCC(CCCCCCCCCNOOO)OC(=O)CCCCCCCCCCC. The Balaban J connectivity index is 3.97. The van der Waals surface area contributed by atoms with Crippen molar-refractivity contribution in [1.29, 1.82) is 0 Å². The number of unbranched alkanes of at least 4 members (excludes halogenated alkanes) is 22. The molecule has 0 rings (SSSR count). The molecule has 0 aromatic carbocycles. The van der Waals surface area contributed by atoms with Gasteiger partial charge < -0.3 is 14.8 Å². The lowest BCUT2D eigenvalue weighted by molar-refractivity contribution is -0.514. The van der Waals surface area contributed by atoms with Crippen LogP contribution in [0.15, 0.2) is 0 Å². The van der Waals surface area contributed by atoms with Crippen molar-refractivity contribution in [3.8, 4) is 0 Å². The van der Waals surface area contributed by atoms with Crippen molar-refractivity contribution < 1.29 is 34.3 Å². The standard InChI is InChI=1S/C43H86N2O7S/c1-3-5-7-9-11-13-17-21-25-33-42(46)49-38-30-40-53-39-29-36-44-35-28-32-41(31-24-20-16-15-19-23-27-37-45-51-52-48)50-43(47)34-26-22-18-14-12-10-8-6-4-2/h41,44-45,48H,3-40H2,1-2H3. The maximum absolute atomic E-state index is 12.7. The average molecular weight is 775 g/mol. The van der Waals surface area contributed by atoms with Crippen LogP contribution in [0.3, 0.4) is 0 Å². The second-order valence-electron chi connectivity index (χ2n) is 15.0. The Morgan fingerprint density at radius 2 is 1.00 bits per heavy atom. The zero-order chi connectivity index (χ0) is 38.6. The molecule has 0 aromatic rings.